The van der Waals surface area contributed by atoms with Crippen LogP contribution in [0.15, 0.2) is 48.5 Å². The van der Waals surface area contributed by atoms with E-state index in [0.717, 1.165) is 0 Å². The topological polar surface area (TPSA) is 56.0 Å². The number of rotatable bonds is 3. The lowest BCUT2D eigenvalue weighted by Crippen LogP contribution is -1.95. The first-order valence-electron chi connectivity index (χ1n) is 6.93. The monoisotopic (exact) mass is 412 g/mol. The molecular weight excluding hydrogens is 406 g/mol. The molecule has 0 amide bonds. The Morgan fingerprint density at radius 1 is 0.800 bits per heavy atom. The zero-order valence-electron chi connectivity index (χ0n) is 12.3. The van der Waals surface area contributed by atoms with Crippen LogP contribution >= 0.6 is 46.4 Å². The van der Waals surface area contributed by atoms with Crippen molar-refractivity contribution in [2.24, 2.45) is 0 Å². The van der Waals surface area contributed by atoms with Crippen LogP contribution in [0.2, 0.25) is 20.1 Å². The average Bonchev–Trinajstić information content (AvgIpc) is 2.59. The molecule has 1 aromatic heterocycles. The molecule has 3 rings (SSSR count). The van der Waals surface area contributed by atoms with Gasteiger partial charge in [-0.2, -0.15) is 0 Å². The number of nitro groups is 1. The van der Waals surface area contributed by atoms with Gasteiger partial charge in [0.1, 0.15) is 0 Å². The third-order valence-corrected chi connectivity index (χ3v) is 5.11. The smallest absolute Gasteiger partial charge is 0.258 e. The molecule has 3 aromatic rings. The Hall–Kier alpha value is -1.85. The molecular formula is C17H8Cl4N2O2. The van der Waals surface area contributed by atoms with Gasteiger partial charge >= 0.3 is 0 Å². The maximum Gasteiger partial charge on any atom is 0.273 e. The van der Waals surface area contributed by atoms with E-state index in [1.807, 2.05) is 0 Å². The largest absolute Gasteiger partial charge is 0.273 e. The van der Waals surface area contributed by atoms with Gasteiger partial charge in [0.25, 0.3) is 5.69 Å². The normalized spacial score (nSPS) is 10.7. The summed E-state index contributed by atoms with van der Waals surface area (Å²) in [5.74, 6) is 0. The molecule has 4 nitrogen and oxygen atoms in total. The molecule has 126 valence electrons. The van der Waals surface area contributed by atoms with Crippen molar-refractivity contribution >= 4 is 52.1 Å². The van der Waals surface area contributed by atoms with Gasteiger partial charge in [-0.25, -0.2) is 4.98 Å². The number of halogens is 4. The number of aromatic nitrogens is 1. The van der Waals surface area contributed by atoms with E-state index in [1.54, 1.807) is 36.4 Å². The number of pyridine rings is 1. The maximum absolute atomic E-state index is 11.3. The number of benzene rings is 2. The van der Waals surface area contributed by atoms with Gasteiger partial charge in [0.05, 0.1) is 36.4 Å². The van der Waals surface area contributed by atoms with Gasteiger partial charge in [0, 0.05) is 23.3 Å². The fourth-order valence-electron chi connectivity index (χ4n) is 2.30. The molecule has 0 radical (unpaired) electrons. The van der Waals surface area contributed by atoms with Crippen molar-refractivity contribution in [2.75, 3.05) is 0 Å². The van der Waals surface area contributed by atoms with Crippen molar-refractivity contribution in [1.29, 1.82) is 0 Å². The summed E-state index contributed by atoms with van der Waals surface area (Å²) >= 11 is 24.5. The maximum atomic E-state index is 11.3. The zero-order valence-corrected chi connectivity index (χ0v) is 15.4. The van der Waals surface area contributed by atoms with E-state index in [1.165, 1.54) is 12.1 Å². The highest BCUT2D eigenvalue weighted by molar-refractivity contribution is 6.44. The van der Waals surface area contributed by atoms with Crippen LogP contribution in [0.25, 0.3) is 22.5 Å². The van der Waals surface area contributed by atoms with E-state index < -0.39 is 4.92 Å². The van der Waals surface area contributed by atoms with Crippen LogP contribution in [-0.2, 0) is 0 Å². The second-order valence-electron chi connectivity index (χ2n) is 5.06. The molecule has 0 unspecified atom stereocenters. The van der Waals surface area contributed by atoms with Crippen molar-refractivity contribution < 1.29 is 4.92 Å². The van der Waals surface area contributed by atoms with Crippen molar-refractivity contribution in [3.8, 4) is 22.5 Å². The van der Waals surface area contributed by atoms with Gasteiger partial charge in [-0.05, 0) is 12.1 Å². The molecule has 0 atom stereocenters. The SMILES string of the molecule is O=[N+]([O-])c1cc(-c2cccc(Cl)c2Cl)nc(-c2cccc(Cl)c2Cl)c1. The zero-order chi connectivity index (χ0) is 18.1. The van der Waals surface area contributed by atoms with E-state index >= 15 is 0 Å². The highest BCUT2D eigenvalue weighted by atomic mass is 35.5. The second-order valence-corrected chi connectivity index (χ2v) is 6.63. The van der Waals surface area contributed by atoms with E-state index in [4.69, 9.17) is 46.4 Å². The molecule has 0 aliphatic carbocycles. The summed E-state index contributed by atoms with van der Waals surface area (Å²) in [7, 11) is 0. The standard InChI is InChI=1S/C17H8Cl4N2O2/c18-12-5-1-3-10(16(12)20)14-7-9(23(24)25)8-15(22-14)11-4-2-6-13(19)17(11)21/h1-8H. The van der Waals surface area contributed by atoms with E-state index in [2.05, 4.69) is 4.98 Å². The molecule has 0 saturated carbocycles. The molecule has 0 saturated heterocycles. The summed E-state index contributed by atoms with van der Waals surface area (Å²) in [5, 5.41) is 12.5. The van der Waals surface area contributed by atoms with Crippen LogP contribution in [0, 0.1) is 10.1 Å². The van der Waals surface area contributed by atoms with Crippen LogP contribution in [0.4, 0.5) is 5.69 Å². The average molecular weight is 414 g/mol. The Balaban J connectivity index is 2.28. The Kier molecular flexibility index (Phi) is 5.16. The van der Waals surface area contributed by atoms with Gasteiger partial charge in [-0.1, -0.05) is 70.7 Å². The minimum Gasteiger partial charge on any atom is -0.258 e. The Labute approximate surface area is 163 Å². The van der Waals surface area contributed by atoms with Crippen LogP contribution in [0.1, 0.15) is 0 Å². The first kappa shape index (κ1) is 18.0. The summed E-state index contributed by atoms with van der Waals surface area (Å²) in [6.45, 7) is 0. The second kappa shape index (κ2) is 7.18. The highest BCUT2D eigenvalue weighted by Gasteiger charge is 2.18. The summed E-state index contributed by atoms with van der Waals surface area (Å²) in [5.41, 5.74) is 1.45. The van der Waals surface area contributed by atoms with E-state index in [9.17, 15) is 10.1 Å². The van der Waals surface area contributed by atoms with E-state index in [-0.39, 0.29) is 15.7 Å². The van der Waals surface area contributed by atoms with Crippen molar-refractivity contribution in [1.82, 2.24) is 4.98 Å². The van der Waals surface area contributed by atoms with Crippen molar-refractivity contribution in [2.45, 2.75) is 0 Å². The molecule has 0 spiro atoms. The molecule has 0 fully saturated rings. The third kappa shape index (κ3) is 3.58. The van der Waals surface area contributed by atoms with Gasteiger partial charge < -0.3 is 0 Å². The summed E-state index contributed by atoms with van der Waals surface area (Å²) in [6.07, 6.45) is 0. The summed E-state index contributed by atoms with van der Waals surface area (Å²) in [6, 6.07) is 12.7. The molecule has 0 bridgehead atoms. The Bertz CT molecular complexity index is 923. The van der Waals surface area contributed by atoms with Crippen LogP contribution in [0.3, 0.4) is 0 Å². The summed E-state index contributed by atoms with van der Waals surface area (Å²) in [4.78, 5) is 15.3. The lowest BCUT2D eigenvalue weighted by atomic mass is 10.1. The highest BCUT2D eigenvalue weighted by Crippen LogP contribution is 2.38. The van der Waals surface area contributed by atoms with Crippen molar-refractivity contribution in [3.05, 3.63) is 78.7 Å². The lowest BCUT2D eigenvalue weighted by Gasteiger charge is -2.10. The van der Waals surface area contributed by atoms with Crippen LogP contribution in [-0.4, -0.2) is 9.91 Å². The number of hydrogen-bond acceptors (Lipinski definition) is 3. The van der Waals surface area contributed by atoms with Crippen LogP contribution in [0.5, 0.6) is 0 Å². The summed E-state index contributed by atoms with van der Waals surface area (Å²) < 4.78 is 0. The first-order chi connectivity index (χ1) is 11.9. The fourth-order valence-corrected chi connectivity index (χ4v) is 3.10. The minimum atomic E-state index is -0.508. The van der Waals surface area contributed by atoms with Crippen molar-refractivity contribution in [3.63, 3.8) is 0 Å². The Morgan fingerprint density at radius 3 is 1.64 bits per heavy atom. The first-order valence-corrected chi connectivity index (χ1v) is 8.45. The molecule has 25 heavy (non-hydrogen) atoms. The molecule has 0 aliphatic heterocycles. The van der Waals surface area contributed by atoms with Gasteiger partial charge in [-0.3, -0.25) is 10.1 Å². The van der Waals surface area contributed by atoms with Gasteiger partial charge in [0.2, 0.25) is 0 Å². The number of nitrogens with zero attached hydrogens (tertiary/aromatic N) is 2. The molecule has 8 heteroatoms. The minimum absolute atomic E-state index is 0.146. The lowest BCUT2D eigenvalue weighted by molar-refractivity contribution is -0.384. The molecule has 1 heterocycles. The quantitative estimate of drug-likeness (QED) is 0.345. The molecule has 0 N–H and O–H groups in total. The Morgan fingerprint density at radius 2 is 1.24 bits per heavy atom. The molecule has 0 aliphatic rings. The fraction of sp³-hybridized carbons (Fsp3) is 0. The predicted molar refractivity (Wildman–Crippen MR) is 102 cm³/mol. The molecule has 2 aromatic carbocycles. The van der Waals surface area contributed by atoms with Gasteiger partial charge in [0.15, 0.2) is 0 Å². The number of hydrogen-bond donors (Lipinski definition) is 0. The third-order valence-electron chi connectivity index (χ3n) is 3.48. The van der Waals surface area contributed by atoms with E-state index in [0.29, 0.717) is 32.6 Å². The predicted octanol–water partition coefficient (Wildman–Crippen LogP) is 6.94. The van der Waals surface area contributed by atoms with Gasteiger partial charge in [-0.15, -0.1) is 0 Å². The van der Waals surface area contributed by atoms with Crippen LogP contribution < -0.4 is 0 Å².